The highest BCUT2D eigenvalue weighted by Crippen LogP contribution is 2.46. The van der Waals surface area contributed by atoms with Crippen LogP contribution >= 0.6 is 11.8 Å². The van der Waals surface area contributed by atoms with Crippen LogP contribution in [0.15, 0.2) is 24.0 Å². The topological polar surface area (TPSA) is 46.5 Å². The van der Waals surface area contributed by atoms with E-state index >= 15 is 0 Å². The Bertz CT molecular complexity index is 616. The van der Waals surface area contributed by atoms with E-state index in [0.29, 0.717) is 11.3 Å². The standard InChI is InChI=1S/C16H18O3S/c1-9-4-5-11-12(8-9)13-15(16(3,18)14(11)17)19-10(2)6-7-20-13/h4-5,8,10,18H,6-7H2,1-3H3. The van der Waals surface area contributed by atoms with E-state index < -0.39 is 5.60 Å². The molecule has 1 N–H and O–H groups in total. The average molecular weight is 290 g/mol. The van der Waals surface area contributed by atoms with Gasteiger partial charge in [0.05, 0.1) is 11.0 Å². The third-order valence-electron chi connectivity index (χ3n) is 3.84. The van der Waals surface area contributed by atoms with Gasteiger partial charge in [0.1, 0.15) is 5.76 Å². The summed E-state index contributed by atoms with van der Waals surface area (Å²) in [5.74, 6) is 1.08. The van der Waals surface area contributed by atoms with Gasteiger partial charge in [0.2, 0.25) is 5.78 Å². The van der Waals surface area contributed by atoms with Crippen LogP contribution in [0.2, 0.25) is 0 Å². The van der Waals surface area contributed by atoms with Crippen molar-refractivity contribution in [3.8, 4) is 0 Å². The van der Waals surface area contributed by atoms with Gasteiger partial charge >= 0.3 is 0 Å². The Balaban J connectivity index is 2.26. The number of hydrogen-bond donors (Lipinski definition) is 1. The molecule has 20 heavy (non-hydrogen) atoms. The fourth-order valence-electron chi connectivity index (χ4n) is 2.65. The molecule has 0 radical (unpaired) electrons. The third-order valence-corrected chi connectivity index (χ3v) is 4.98. The molecule has 0 bridgehead atoms. The van der Waals surface area contributed by atoms with Gasteiger partial charge in [-0.05, 0) is 27.2 Å². The van der Waals surface area contributed by atoms with E-state index in [-0.39, 0.29) is 11.9 Å². The second-order valence-corrected chi connectivity index (χ2v) is 6.78. The number of benzene rings is 1. The first-order valence-corrected chi connectivity index (χ1v) is 7.82. The molecule has 0 saturated carbocycles. The van der Waals surface area contributed by atoms with E-state index in [9.17, 15) is 9.90 Å². The van der Waals surface area contributed by atoms with Crippen molar-refractivity contribution in [2.24, 2.45) is 0 Å². The van der Waals surface area contributed by atoms with Gasteiger partial charge in [0.15, 0.2) is 5.60 Å². The molecule has 1 aromatic rings. The second-order valence-electron chi connectivity index (χ2n) is 5.67. The zero-order valence-electron chi connectivity index (χ0n) is 11.9. The fraction of sp³-hybridized carbons (Fsp3) is 0.438. The summed E-state index contributed by atoms with van der Waals surface area (Å²) in [6, 6.07) is 5.72. The number of ketones is 1. The molecule has 0 amide bonds. The summed E-state index contributed by atoms with van der Waals surface area (Å²) in [4.78, 5) is 13.5. The summed E-state index contributed by atoms with van der Waals surface area (Å²) >= 11 is 1.67. The molecule has 2 unspecified atom stereocenters. The smallest absolute Gasteiger partial charge is 0.202 e. The number of fused-ring (bicyclic) bond motifs is 2. The molecule has 2 aliphatic rings. The number of thioether (sulfide) groups is 1. The minimum absolute atomic E-state index is 0.0145. The van der Waals surface area contributed by atoms with Crippen molar-refractivity contribution in [1.29, 1.82) is 0 Å². The van der Waals surface area contributed by atoms with Crippen LogP contribution in [0.1, 0.15) is 41.8 Å². The Kier molecular flexibility index (Phi) is 3.18. The predicted molar refractivity (Wildman–Crippen MR) is 80.7 cm³/mol. The van der Waals surface area contributed by atoms with E-state index in [1.54, 1.807) is 17.8 Å². The lowest BCUT2D eigenvalue weighted by atomic mass is 9.83. The predicted octanol–water partition coefficient (Wildman–Crippen LogP) is 3.15. The molecule has 4 heteroatoms. The number of ether oxygens (including phenoxy) is 1. The number of hydrogen-bond acceptors (Lipinski definition) is 4. The molecule has 3 nitrogen and oxygen atoms in total. The van der Waals surface area contributed by atoms with Crippen molar-refractivity contribution < 1.29 is 14.6 Å². The number of Topliss-reactive ketones (excluding diaryl/α,β-unsaturated/α-hetero) is 1. The Morgan fingerprint density at radius 2 is 2.15 bits per heavy atom. The number of aryl methyl sites for hydroxylation is 1. The van der Waals surface area contributed by atoms with Gasteiger partial charge in [-0.1, -0.05) is 23.8 Å². The van der Waals surface area contributed by atoms with Crippen molar-refractivity contribution in [3.63, 3.8) is 0 Å². The Hall–Kier alpha value is -1.26. The number of carbonyl (C=O) groups excluding carboxylic acids is 1. The van der Waals surface area contributed by atoms with Crippen LogP contribution in [0.3, 0.4) is 0 Å². The van der Waals surface area contributed by atoms with Crippen molar-refractivity contribution in [2.45, 2.75) is 38.9 Å². The number of aliphatic hydroxyl groups is 1. The summed E-state index contributed by atoms with van der Waals surface area (Å²) in [5, 5.41) is 10.7. The van der Waals surface area contributed by atoms with Crippen LogP contribution in [0.5, 0.6) is 0 Å². The van der Waals surface area contributed by atoms with Crippen molar-refractivity contribution in [2.75, 3.05) is 5.75 Å². The molecule has 2 atom stereocenters. The average Bonchev–Trinajstić information content (AvgIpc) is 2.59. The lowest BCUT2D eigenvalue weighted by molar-refractivity contribution is 0.00865. The fourth-order valence-corrected chi connectivity index (χ4v) is 4.01. The number of rotatable bonds is 0. The van der Waals surface area contributed by atoms with E-state index in [1.807, 2.05) is 26.0 Å². The highest BCUT2D eigenvalue weighted by atomic mass is 32.2. The van der Waals surface area contributed by atoms with Crippen LogP contribution < -0.4 is 0 Å². The molecule has 106 valence electrons. The minimum atomic E-state index is -1.57. The summed E-state index contributed by atoms with van der Waals surface area (Å²) in [5.41, 5.74) is 1.02. The first-order valence-electron chi connectivity index (χ1n) is 6.83. The quantitative estimate of drug-likeness (QED) is 0.797. The van der Waals surface area contributed by atoms with Gasteiger partial charge in [0.25, 0.3) is 0 Å². The number of carbonyl (C=O) groups is 1. The Morgan fingerprint density at radius 3 is 2.90 bits per heavy atom. The molecule has 1 aliphatic carbocycles. The van der Waals surface area contributed by atoms with Crippen molar-refractivity contribution in [1.82, 2.24) is 0 Å². The molecular formula is C16H18O3S. The monoisotopic (exact) mass is 290 g/mol. The molecule has 0 aromatic heterocycles. The van der Waals surface area contributed by atoms with Crippen LogP contribution in [0, 0.1) is 6.92 Å². The lowest BCUT2D eigenvalue weighted by Gasteiger charge is -2.33. The normalized spacial score (nSPS) is 29.4. The highest BCUT2D eigenvalue weighted by Gasteiger charge is 2.45. The summed E-state index contributed by atoms with van der Waals surface area (Å²) < 4.78 is 5.89. The van der Waals surface area contributed by atoms with Crippen LogP contribution in [-0.2, 0) is 4.74 Å². The van der Waals surface area contributed by atoms with Gasteiger partial charge in [-0.15, -0.1) is 11.8 Å². The van der Waals surface area contributed by atoms with Gasteiger partial charge in [-0.25, -0.2) is 0 Å². The van der Waals surface area contributed by atoms with Gasteiger partial charge in [-0.3, -0.25) is 4.79 Å². The molecule has 0 spiro atoms. The van der Waals surface area contributed by atoms with Crippen LogP contribution in [-0.4, -0.2) is 28.3 Å². The molecule has 1 aromatic carbocycles. The molecule has 1 heterocycles. The van der Waals surface area contributed by atoms with Crippen LogP contribution in [0.25, 0.3) is 4.91 Å². The maximum atomic E-state index is 12.5. The molecular weight excluding hydrogens is 272 g/mol. The van der Waals surface area contributed by atoms with Crippen molar-refractivity contribution >= 4 is 22.5 Å². The van der Waals surface area contributed by atoms with E-state index in [0.717, 1.165) is 28.2 Å². The Morgan fingerprint density at radius 1 is 1.40 bits per heavy atom. The van der Waals surface area contributed by atoms with E-state index in [4.69, 9.17) is 4.74 Å². The zero-order chi connectivity index (χ0) is 14.5. The zero-order valence-corrected chi connectivity index (χ0v) is 12.7. The van der Waals surface area contributed by atoms with Gasteiger partial charge in [0, 0.05) is 16.9 Å². The SMILES string of the molecule is Cc1ccc2c(c1)C1=C(OC(C)CCS1)C(C)(O)C2=O. The molecule has 0 fully saturated rings. The van der Waals surface area contributed by atoms with Gasteiger partial charge < -0.3 is 9.84 Å². The largest absolute Gasteiger partial charge is 0.490 e. The lowest BCUT2D eigenvalue weighted by Crippen LogP contribution is -2.42. The van der Waals surface area contributed by atoms with Crippen LogP contribution in [0.4, 0.5) is 0 Å². The first-order chi connectivity index (χ1) is 9.41. The molecule has 0 saturated heterocycles. The minimum Gasteiger partial charge on any atom is -0.490 e. The second kappa shape index (κ2) is 4.64. The first kappa shape index (κ1) is 13.7. The summed E-state index contributed by atoms with van der Waals surface area (Å²) in [6.07, 6.45) is 0.920. The van der Waals surface area contributed by atoms with E-state index in [2.05, 4.69) is 0 Å². The maximum absolute atomic E-state index is 12.5. The summed E-state index contributed by atoms with van der Waals surface area (Å²) in [7, 11) is 0. The Labute approximate surface area is 123 Å². The highest BCUT2D eigenvalue weighted by molar-refractivity contribution is 8.08. The molecule has 3 rings (SSSR count). The van der Waals surface area contributed by atoms with Crippen molar-refractivity contribution in [3.05, 3.63) is 40.6 Å². The van der Waals surface area contributed by atoms with E-state index in [1.165, 1.54) is 6.92 Å². The maximum Gasteiger partial charge on any atom is 0.202 e. The van der Waals surface area contributed by atoms with Gasteiger partial charge in [-0.2, -0.15) is 0 Å². The molecule has 1 aliphatic heterocycles. The summed E-state index contributed by atoms with van der Waals surface area (Å²) in [6.45, 7) is 5.51. The third kappa shape index (κ3) is 1.98.